The minimum atomic E-state index is -5.02. The maximum Gasteiger partial charge on any atom is 0.573 e. The zero-order valence-electron chi connectivity index (χ0n) is 8.74. The summed E-state index contributed by atoms with van der Waals surface area (Å²) in [6, 6.07) is 0.707. The van der Waals surface area contributed by atoms with Crippen molar-refractivity contribution in [3.05, 3.63) is 21.9 Å². The molecule has 6 nitrogen and oxygen atoms in total. The summed E-state index contributed by atoms with van der Waals surface area (Å²) in [5.74, 6) is -1.15. The van der Waals surface area contributed by atoms with Crippen molar-refractivity contribution in [1.29, 1.82) is 0 Å². The molecule has 0 unspecified atom stereocenters. The molecule has 1 aromatic rings. The van der Waals surface area contributed by atoms with Gasteiger partial charge in [0.2, 0.25) is 11.6 Å². The number of ether oxygens (including phenoxy) is 2. The lowest BCUT2D eigenvalue weighted by molar-refractivity contribution is -0.389. The zero-order valence-corrected chi connectivity index (χ0v) is 8.74. The Kier molecular flexibility index (Phi) is 3.39. The van der Waals surface area contributed by atoms with E-state index in [-0.39, 0.29) is 11.6 Å². The summed E-state index contributed by atoms with van der Waals surface area (Å²) in [6.07, 6.45) is -5.02. The van der Waals surface area contributed by atoms with Gasteiger partial charge in [0.05, 0.1) is 18.1 Å². The highest BCUT2D eigenvalue weighted by molar-refractivity contribution is 5.51. The van der Waals surface area contributed by atoms with Crippen molar-refractivity contribution in [2.24, 2.45) is 0 Å². The van der Waals surface area contributed by atoms with Crippen molar-refractivity contribution in [3.63, 3.8) is 0 Å². The first-order valence-electron chi connectivity index (χ1n) is 4.20. The fourth-order valence-corrected chi connectivity index (χ4v) is 1.14. The minimum Gasteiger partial charge on any atom is -0.481 e. The predicted molar refractivity (Wildman–Crippen MR) is 48.9 cm³/mol. The number of aryl methyl sites for hydroxylation is 1. The summed E-state index contributed by atoms with van der Waals surface area (Å²) in [5, 5.41) is 10.6. The van der Waals surface area contributed by atoms with Gasteiger partial charge in [0, 0.05) is 0 Å². The smallest absolute Gasteiger partial charge is 0.481 e. The van der Waals surface area contributed by atoms with Crippen molar-refractivity contribution >= 4 is 5.69 Å². The molecule has 17 heavy (non-hydrogen) atoms. The van der Waals surface area contributed by atoms with E-state index in [0.717, 1.165) is 0 Å². The van der Waals surface area contributed by atoms with Crippen LogP contribution in [0.3, 0.4) is 0 Å². The fourth-order valence-electron chi connectivity index (χ4n) is 1.14. The molecule has 0 atom stereocenters. The normalized spacial score (nSPS) is 11.1. The Morgan fingerprint density at radius 3 is 2.47 bits per heavy atom. The van der Waals surface area contributed by atoms with E-state index in [1.807, 2.05) is 0 Å². The molecule has 0 saturated heterocycles. The fraction of sp³-hybridized carbons (Fsp3) is 0.375. The molecule has 0 aromatic carbocycles. The van der Waals surface area contributed by atoms with Gasteiger partial charge in [0.15, 0.2) is 0 Å². The first-order valence-corrected chi connectivity index (χ1v) is 4.20. The number of aromatic nitrogens is 1. The van der Waals surface area contributed by atoms with Crippen LogP contribution < -0.4 is 9.47 Å². The van der Waals surface area contributed by atoms with Crippen LogP contribution >= 0.6 is 0 Å². The van der Waals surface area contributed by atoms with Crippen molar-refractivity contribution in [2.75, 3.05) is 7.11 Å². The highest BCUT2D eigenvalue weighted by Gasteiger charge is 2.36. The number of nitro groups is 1. The zero-order chi connectivity index (χ0) is 13.2. The molecule has 0 bridgehead atoms. The molecule has 0 radical (unpaired) electrons. The lowest BCUT2D eigenvalue weighted by Crippen LogP contribution is -2.18. The first kappa shape index (κ1) is 13.0. The number of nitrogens with zero attached hydrogens (tertiary/aromatic N) is 2. The van der Waals surface area contributed by atoms with Crippen LogP contribution in [0, 0.1) is 17.0 Å². The van der Waals surface area contributed by atoms with Crippen LogP contribution in [0.1, 0.15) is 5.69 Å². The van der Waals surface area contributed by atoms with Crippen LogP contribution in [-0.2, 0) is 0 Å². The van der Waals surface area contributed by atoms with Gasteiger partial charge in [0.25, 0.3) is 0 Å². The molecule has 0 N–H and O–H groups in total. The van der Waals surface area contributed by atoms with E-state index in [1.165, 1.54) is 14.0 Å². The van der Waals surface area contributed by atoms with Gasteiger partial charge < -0.3 is 9.47 Å². The van der Waals surface area contributed by atoms with Crippen LogP contribution in [0.15, 0.2) is 6.07 Å². The third-order valence-electron chi connectivity index (χ3n) is 1.73. The van der Waals surface area contributed by atoms with Crippen molar-refractivity contribution in [1.82, 2.24) is 4.98 Å². The second-order valence-electron chi connectivity index (χ2n) is 2.90. The second kappa shape index (κ2) is 4.44. The molecule has 0 spiro atoms. The maximum absolute atomic E-state index is 12.0. The van der Waals surface area contributed by atoms with Crippen LogP contribution in [0.5, 0.6) is 11.6 Å². The molecule has 0 saturated carbocycles. The predicted octanol–water partition coefficient (Wildman–Crippen LogP) is 2.21. The summed E-state index contributed by atoms with van der Waals surface area (Å²) >= 11 is 0. The average molecular weight is 252 g/mol. The van der Waals surface area contributed by atoms with Crippen molar-refractivity contribution in [3.8, 4) is 11.6 Å². The number of alkyl halides is 3. The Morgan fingerprint density at radius 2 is 2.06 bits per heavy atom. The molecule has 94 valence electrons. The van der Waals surface area contributed by atoms with E-state index < -0.39 is 22.7 Å². The van der Waals surface area contributed by atoms with E-state index in [2.05, 4.69) is 14.5 Å². The van der Waals surface area contributed by atoms with Gasteiger partial charge >= 0.3 is 12.0 Å². The summed E-state index contributed by atoms with van der Waals surface area (Å²) in [6.45, 7) is 1.18. The molecular weight excluding hydrogens is 245 g/mol. The van der Waals surface area contributed by atoms with Crippen molar-refractivity contribution in [2.45, 2.75) is 13.3 Å². The number of hydrogen-bond acceptors (Lipinski definition) is 5. The summed E-state index contributed by atoms with van der Waals surface area (Å²) in [7, 11) is 1.17. The minimum absolute atomic E-state index is 0.202. The van der Waals surface area contributed by atoms with Gasteiger partial charge in [-0.25, -0.2) is 4.98 Å². The van der Waals surface area contributed by atoms with E-state index in [0.29, 0.717) is 6.07 Å². The van der Waals surface area contributed by atoms with Crippen molar-refractivity contribution < 1.29 is 27.6 Å². The quantitative estimate of drug-likeness (QED) is 0.609. The lowest BCUT2D eigenvalue weighted by atomic mass is 10.3. The van der Waals surface area contributed by atoms with Gasteiger partial charge in [-0.15, -0.1) is 13.2 Å². The molecule has 0 amide bonds. The van der Waals surface area contributed by atoms with E-state index >= 15 is 0 Å². The van der Waals surface area contributed by atoms with Crippen LogP contribution in [0.4, 0.5) is 18.9 Å². The summed E-state index contributed by atoms with van der Waals surface area (Å²) in [5.41, 5.74) is -1.07. The standard InChI is InChI=1S/C8H7F3N2O4/c1-4-7(13(14)15)5(17-8(9,10)11)3-6(12-4)16-2/h3H,1-2H3. The van der Waals surface area contributed by atoms with Crippen LogP contribution in [0.2, 0.25) is 0 Å². The number of methoxy groups -OCH3 is 1. The first-order chi connectivity index (χ1) is 7.74. The number of halogens is 3. The van der Waals surface area contributed by atoms with E-state index in [9.17, 15) is 23.3 Å². The van der Waals surface area contributed by atoms with Gasteiger partial charge in [-0.2, -0.15) is 0 Å². The monoisotopic (exact) mass is 252 g/mol. The Balaban J connectivity index is 3.32. The molecule has 1 heterocycles. The Morgan fingerprint density at radius 1 is 1.47 bits per heavy atom. The number of rotatable bonds is 3. The lowest BCUT2D eigenvalue weighted by Gasteiger charge is -2.11. The van der Waals surface area contributed by atoms with E-state index in [1.54, 1.807) is 0 Å². The Hall–Kier alpha value is -2.06. The maximum atomic E-state index is 12.0. The summed E-state index contributed by atoms with van der Waals surface area (Å²) in [4.78, 5) is 13.2. The molecule has 0 aliphatic rings. The van der Waals surface area contributed by atoms with Gasteiger partial charge in [0.1, 0.15) is 5.69 Å². The Labute approximate surface area is 93.1 Å². The number of hydrogen-bond donors (Lipinski definition) is 0. The highest BCUT2D eigenvalue weighted by Crippen LogP contribution is 2.36. The molecule has 0 fully saturated rings. The Bertz CT molecular complexity index is 447. The molecule has 0 aliphatic carbocycles. The van der Waals surface area contributed by atoms with Crippen LogP contribution in [-0.4, -0.2) is 23.4 Å². The van der Waals surface area contributed by atoms with Gasteiger partial charge in [-0.3, -0.25) is 10.1 Å². The third kappa shape index (κ3) is 3.20. The third-order valence-corrected chi connectivity index (χ3v) is 1.73. The van der Waals surface area contributed by atoms with Gasteiger partial charge in [-0.1, -0.05) is 0 Å². The average Bonchev–Trinajstić information content (AvgIpc) is 2.13. The number of pyridine rings is 1. The second-order valence-corrected chi connectivity index (χ2v) is 2.90. The SMILES string of the molecule is COc1cc(OC(F)(F)F)c([N+](=O)[O-])c(C)n1. The molecule has 1 aromatic heterocycles. The van der Waals surface area contributed by atoms with Gasteiger partial charge in [-0.05, 0) is 6.92 Å². The molecule has 1 rings (SSSR count). The molecule has 9 heteroatoms. The van der Waals surface area contributed by atoms with E-state index in [4.69, 9.17) is 0 Å². The molecule has 0 aliphatic heterocycles. The molecular formula is C8H7F3N2O4. The summed E-state index contributed by atoms with van der Waals surface area (Å²) < 4.78 is 44.3. The highest BCUT2D eigenvalue weighted by atomic mass is 19.4. The van der Waals surface area contributed by atoms with Crippen LogP contribution in [0.25, 0.3) is 0 Å². The largest absolute Gasteiger partial charge is 0.573 e. The topological polar surface area (TPSA) is 74.5 Å².